The molecule has 0 unspecified atom stereocenters. The van der Waals surface area contributed by atoms with Crippen LogP contribution in [-0.2, 0) is 13.0 Å². The highest BCUT2D eigenvalue weighted by atomic mass is 127. The molecule has 3 heterocycles. The lowest BCUT2D eigenvalue weighted by atomic mass is 10.3. The fourth-order valence-corrected chi connectivity index (χ4v) is 2.87. The van der Waals surface area contributed by atoms with Gasteiger partial charge in [0.25, 0.3) is 0 Å². The largest absolute Gasteiger partial charge is 0.356 e. The molecule has 2 N–H and O–H groups in total. The Hall–Kier alpha value is -1.61. The Kier molecular flexibility index (Phi) is 6.85. The van der Waals surface area contributed by atoms with Crippen LogP contribution in [0, 0.1) is 0 Å². The molecule has 3 aromatic heterocycles. The zero-order valence-electron chi connectivity index (χ0n) is 12.9. The third kappa shape index (κ3) is 4.93. The van der Waals surface area contributed by atoms with Crippen LogP contribution in [0.1, 0.15) is 10.6 Å². The Morgan fingerprint density at radius 2 is 2.17 bits per heavy atom. The highest BCUT2D eigenvalue weighted by Crippen LogP contribution is 2.07. The van der Waals surface area contributed by atoms with Crippen LogP contribution in [0.2, 0.25) is 0 Å². The van der Waals surface area contributed by atoms with Gasteiger partial charge < -0.3 is 15.0 Å². The molecule has 0 saturated heterocycles. The standard InChI is InChI=1S/C16H19N5S.HI/c1-17-16(19-11-14-5-4-10-22-14)18-8-7-13-12-21-9-3-2-6-15(21)20-13;/h2-6,9-10,12H,7-8,11H2,1H3,(H2,17,18,19);1H. The molecule has 0 amide bonds. The maximum atomic E-state index is 4.59. The Labute approximate surface area is 156 Å². The van der Waals surface area contributed by atoms with E-state index in [0.717, 1.165) is 36.8 Å². The molecule has 122 valence electrons. The zero-order chi connectivity index (χ0) is 15.2. The minimum atomic E-state index is 0. The van der Waals surface area contributed by atoms with Crippen LogP contribution in [0.3, 0.4) is 0 Å². The lowest BCUT2D eigenvalue weighted by Gasteiger charge is -2.10. The summed E-state index contributed by atoms with van der Waals surface area (Å²) in [5.41, 5.74) is 2.06. The molecule has 0 aliphatic rings. The van der Waals surface area contributed by atoms with E-state index in [1.165, 1.54) is 4.88 Å². The first-order valence-electron chi connectivity index (χ1n) is 7.24. The number of pyridine rings is 1. The molecule has 0 aromatic carbocycles. The molecule has 0 spiro atoms. The summed E-state index contributed by atoms with van der Waals surface area (Å²) in [6.07, 6.45) is 4.95. The highest BCUT2D eigenvalue weighted by Gasteiger charge is 2.02. The lowest BCUT2D eigenvalue weighted by Crippen LogP contribution is -2.37. The van der Waals surface area contributed by atoms with Crippen molar-refractivity contribution in [3.63, 3.8) is 0 Å². The second-order valence-electron chi connectivity index (χ2n) is 4.88. The number of thiophene rings is 1. The van der Waals surface area contributed by atoms with E-state index in [2.05, 4.69) is 44.3 Å². The normalized spacial score (nSPS) is 11.3. The Morgan fingerprint density at radius 3 is 2.91 bits per heavy atom. The summed E-state index contributed by atoms with van der Waals surface area (Å²) < 4.78 is 2.04. The number of halogens is 1. The number of rotatable bonds is 5. The number of nitrogens with one attached hydrogen (secondary N) is 2. The van der Waals surface area contributed by atoms with E-state index in [1.807, 2.05) is 28.8 Å². The van der Waals surface area contributed by atoms with Gasteiger partial charge in [-0.3, -0.25) is 4.99 Å². The third-order valence-electron chi connectivity index (χ3n) is 3.32. The number of fused-ring (bicyclic) bond motifs is 1. The molecule has 3 rings (SSSR count). The number of imidazole rings is 1. The van der Waals surface area contributed by atoms with Crippen molar-refractivity contribution < 1.29 is 0 Å². The quantitative estimate of drug-likeness (QED) is 0.364. The van der Waals surface area contributed by atoms with Gasteiger partial charge in [0.15, 0.2) is 5.96 Å². The average Bonchev–Trinajstić information content (AvgIpc) is 3.19. The van der Waals surface area contributed by atoms with Crippen LogP contribution in [0.15, 0.2) is 53.1 Å². The monoisotopic (exact) mass is 441 g/mol. The number of hydrogen-bond donors (Lipinski definition) is 2. The predicted molar refractivity (Wildman–Crippen MR) is 107 cm³/mol. The van der Waals surface area contributed by atoms with Crippen LogP contribution in [0.5, 0.6) is 0 Å². The van der Waals surface area contributed by atoms with Crippen LogP contribution >= 0.6 is 35.3 Å². The van der Waals surface area contributed by atoms with E-state index in [0.29, 0.717) is 0 Å². The molecule has 0 aliphatic carbocycles. The molecule has 5 nitrogen and oxygen atoms in total. The first-order chi connectivity index (χ1) is 10.8. The van der Waals surface area contributed by atoms with Gasteiger partial charge in [0.2, 0.25) is 0 Å². The van der Waals surface area contributed by atoms with Crippen molar-refractivity contribution >= 4 is 46.9 Å². The van der Waals surface area contributed by atoms with Gasteiger partial charge in [-0.2, -0.15) is 0 Å². The molecular weight excluding hydrogens is 421 g/mol. The SMILES string of the molecule is CN=C(NCCc1cn2ccccc2n1)NCc1cccs1.I. The van der Waals surface area contributed by atoms with Crippen LogP contribution in [0.25, 0.3) is 5.65 Å². The Balaban J connectivity index is 0.00000192. The fourth-order valence-electron chi connectivity index (χ4n) is 2.22. The first-order valence-corrected chi connectivity index (χ1v) is 8.12. The van der Waals surface area contributed by atoms with E-state index >= 15 is 0 Å². The fraction of sp³-hybridized carbons (Fsp3) is 0.250. The second kappa shape index (κ2) is 8.88. The average molecular weight is 441 g/mol. The summed E-state index contributed by atoms with van der Waals surface area (Å²) in [5, 5.41) is 8.71. The summed E-state index contributed by atoms with van der Waals surface area (Å²) in [6.45, 7) is 1.60. The van der Waals surface area contributed by atoms with Crippen molar-refractivity contribution in [3.05, 3.63) is 58.7 Å². The van der Waals surface area contributed by atoms with E-state index in [-0.39, 0.29) is 24.0 Å². The van der Waals surface area contributed by atoms with Crippen molar-refractivity contribution in [2.24, 2.45) is 4.99 Å². The molecule has 3 aromatic rings. The summed E-state index contributed by atoms with van der Waals surface area (Å²) >= 11 is 1.74. The molecule has 0 atom stereocenters. The molecule has 23 heavy (non-hydrogen) atoms. The van der Waals surface area contributed by atoms with E-state index < -0.39 is 0 Å². The minimum absolute atomic E-state index is 0. The summed E-state index contributed by atoms with van der Waals surface area (Å²) in [5.74, 6) is 0.817. The maximum Gasteiger partial charge on any atom is 0.191 e. The number of hydrogen-bond acceptors (Lipinski definition) is 3. The van der Waals surface area contributed by atoms with Gasteiger partial charge in [-0.25, -0.2) is 4.98 Å². The van der Waals surface area contributed by atoms with Crippen LogP contribution in [-0.4, -0.2) is 28.9 Å². The van der Waals surface area contributed by atoms with Gasteiger partial charge in [0.1, 0.15) is 5.65 Å². The van der Waals surface area contributed by atoms with E-state index in [1.54, 1.807) is 18.4 Å². The summed E-state index contributed by atoms with van der Waals surface area (Å²) in [6, 6.07) is 10.2. The summed E-state index contributed by atoms with van der Waals surface area (Å²) in [7, 11) is 1.79. The predicted octanol–water partition coefficient (Wildman–Crippen LogP) is 2.92. The van der Waals surface area contributed by atoms with Gasteiger partial charge in [0.05, 0.1) is 12.2 Å². The second-order valence-corrected chi connectivity index (χ2v) is 5.91. The molecule has 0 fully saturated rings. The first kappa shape index (κ1) is 17.7. The Morgan fingerprint density at radius 1 is 1.26 bits per heavy atom. The lowest BCUT2D eigenvalue weighted by molar-refractivity contribution is 0.791. The summed E-state index contributed by atoms with van der Waals surface area (Å²) in [4.78, 5) is 10.1. The molecule has 7 heteroatoms. The molecule has 0 saturated carbocycles. The van der Waals surface area contributed by atoms with Gasteiger partial charge in [-0.15, -0.1) is 35.3 Å². The molecule has 0 bridgehead atoms. The number of guanidine groups is 1. The van der Waals surface area contributed by atoms with Gasteiger partial charge in [-0.05, 0) is 23.6 Å². The highest BCUT2D eigenvalue weighted by molar-refractivity contribution is 14.0. The van der Waals surface area contributed by atoms with Gasteiger partial charge in [0, 0.05) is 37.3 Å². The molecule has 0 radical (unpaired) electrons. The van der Waals surface area contributed by atoms with Crippen molar-refractivity contribution in [1.82, 2.24) is 20.0 Å². The van der Waals surface area contributed by atoms with Crippen molar-refractivity contribution in [2.75, 3.05) is 13.6 Å². The zero-order valence-corrected chi connectivity index (χ0v) is 16.0. The van der Waals surface area contributed by atoms with E-state index in [4.69, 9.17) is 0 Å². The maximum absolute atomic E-state index is 4.59. The van der Waals surface area contributed by atoms with Crippen LogP contribution < -0.4 is 10.6 Å². The van der Waals surface area contributed by atoms with Gasteiger partial charge in [-0.1, -0.05) is 12.1 Å². The number of aliphatic imine (C=N–C) groups is 1. The third-order valence-corrected chi connectivity index (χ3v) is 4.20. The van der Waals surface area contributed by atoms with Crippen molar-refractivity contribution in [3.8, 4) is 0 Å². The Bertz CT molecular complexity index is 718. The van der Waals surface area contributed by atoms with E-state index in [9.17, 15) is 0 Å². The molecule has 0 aliphatic heterocycles. The van der Waals surface area contributed by atoms with Crippen molar-refractivity contribution in [2.45, 2.75) is 13.0 Å². The minimum Gasteiger partial charge on any atom is -0.356 e. The van der Waals surface area contributed by atoms with Crippen LogP contribution in [0.4, 0.5) is 0 Å². The number of nitrogens with zero attached hydrogens (tertiary/aromatic N) is 3. The van der Waals surface area contributed by atoms with Crippen molar-refractivity contribution in [1.29, 1.82) is 0 Å². The van der Waals surface area contributed by atoms with Gasteiger partial charge >= 0.3 is 0 Å². The number of aromatic nitrogens is 2. The molecular formula is C16H20IN5S. The smallest absolute Gasteiger partial charge is 0.191 e. The topological polar surface area (TPSA) is 53.7 Å².